The van der Waals surface area contributed by atoms with Gasteiger partial charge in [-0.3, -0.25) is 0 Å². The van der Waals surface area contributed by atoms with Gasteiger partial charge in [-0.2, -0.15) is 5.26 Å². The van der Waals surface area contributed by atoms with E-state index in [1.54, 1.807) is 18.2 Å². The lowest BCUT2D eigenvalue weighted by Gasteiger charge is -2.40. The molecule has 154 valence electrons. The quantitative estimate of drug-likeness (QED) is 0.573. The van der Waals surface area contributed by atoms with Gasteiger partial charge in [0.1, 0.15) is 36.3 Å². The predicted octanol–water partition coefficient (Wildman–Crippen LogP) is 1.06. The van der Waals surface area contributed by atoms with Gasteiger partial charge in [0.05, 0.1) is 24.8 Å². The van der Waals surface area contributed by atoms with E-state index in [4.69, 9.17) is 9.47 Å². The lowest BCUT2D eigenvalue weighted by atomic mass is 9.89. The summed E-state index contributed by atoms with van der Waals surface area (Å²) in [5.41, 5.74) is 2.77. The standard InChI is InChI=1S/C22H25NO6/c1-2-28-17-7-3-13(4-8-17)9-16-10-14(5-6-15(16)11-23)22-21(27)20(26)19(25)18(12-24)29-22/h3-8,10,18-22,24-27H,2,9,12H2,1H3/t18-,19-,20?,21-,22+/m1/s1. The zero-order valence-electron chi connectivity index (χ0n) is 16.1. The van der Waals surface area contributed by atoms with E-state index in [0.29, 0.717) is 24.2 Å². The first-order valence-electron chi connectivity index (χ1n) is 9.53. The second-order valence-electron chi connectivity index (χ2n) is 7.03. The van der Waals surface area contributed by atoms with E-state index in [0.717, 1.165) is 16.9 Å². The minimum absolute atomic E-state index is 0.487. The Bertz CT molecular complexity index is 861. The van der Waals surface area contributed by atoms with E-state index < -0.39 is 37.1 Å². The van der Waals surface area contributed by atoms with Crippen molar-refractivity contribution in [3.8, 4) is 11.8 Å². The monoisotopic (exact) mass is 399 g/mol. The summed E-state index contributed by atoms with van der Waals surface area (Å²) >= 11 is 0. The molecule has 0 radical (unpaired) electrons. The molecule has 1 saturated heterocycles. The molecule has 7 nitrogen and oxygen atoms in total. The molecule has 7 heteroatoms. The number of nitrogens with zero attached hydrogens (tertiary/aromatic N) is 1. The van der Waals surface area contributed by atoms with Gasteiger partial charge in [0.15, 0.2) is 0 Å². The van der Waals surface area contributed by atoms with Gasteiger partial charge < -0.3 is 29.9 Å². The highest BCUT2D eigenvalue weighted by atomic mass is 16.5. The van der Waals surface area contributed by atoms with Crippen LogP contribution in [0.3, 0.4) is 0 Å². The number of hydrogen-bond donors (Lipinski definition) is 4. The Hall–Kier alpha value is -2.47. The Morgan fingerprint density at radius 1 is 1.03 bits per heavy atom. The van der Waals surface area contributed by atoms with Crippen LogP contribution in [0, 0.1) is 11.3 Å². The van der Waals surface area contributed by atoms with Gasteiger partial charge in [0.25, 0.3) is 0 Å². The van der Waals surface area contributed by atoms with Crippen LogP contribution in [0.15, 0.2) is 42.5 Å². The van der Waals surface area contributed by atoms with Crippen LogP contribution < -0.4 is 4.74 Å². The third-order valence-corrected chi connectivity index (χ3v) is 5.10. The van der Waals surface area contributed by atoms with Crippen molar-refractivity contribution in [1.29, 1.82) is 5.26 Å². The molecular formula is C22H25NO6. The van der Waals surface area contributed by atoms with Crippen LogP contribution in [-0.4, -0.2) is 58.1 Å². The van der Waals surface area contributed by atoms with Gasteiger partial charge in [0.2, 0.25) is 0 Å². The first kappa shape index (κ1) is 21.2. The maximum atomic E-state index is 10.4. The number of benzene rings is 2. The van der Waals surface area contributed by atoms with E-state index in [1.165, 1.54) is 0 Å². The van der Waals surface area contributed by atoms with Gasteiger partial charge in [-0.15, -0.1) is 0 Å². The summed E-state index contributed by atoms with van der Waals surface area (Å²) in [5.74, 6) is 0.770. The Kier molecular flexibility index (Phi) is 6.85. The van der Waals surface area contributed by atoms with Crippen LogP contribution in [0.2, 0.25) is 0 Å². The van der Waals surface area contributed by atoms with Gasteiger partial charge in [-0.25, -0.2) is 0 Å². The SMILES string of the molecule is CCOc1ccc(Cc2cc([C@@H]3O[C@H](CO)[C@@H](O)C(O)[C@H]3O)ccc2C#N)cc1. The molecule has 5 atom stereocenters. The lowest BCUT2D eigenvalue weighted by molar-refractivity contribution is -0.231. The topological polar surface area (TPSA) is 123 Å². The molecule has 2 aromatic rings. The fourth-order valence-electron chi connectivity index (χ4n) is 3.51. The summed E-state index contributed by atoms with van der Waals surface area (Å²) in [6.45, 7) is 2.01. The summed E-state index contributed by atoms with van der Waals surface area (Å²) in [5, 5.41) is 49.2. The summed E-state index contributed by atoms with van der Waals surface area (Å²) in [6, 6.07) is 14.8. The first-order valence-corrected chi connectivity index (χ1v) is 9.53. The van der Waals surface area contributed by atoms with Crippen LogP contribution in [0.25, 0.3) is 0 Å². The maximum absolute atomic E-state index is 10.4. The molecule has 1 unspecified atom stereocenters. The van der Waals surface area contributed by atoms with Crippen molar-refractivity contribution in [2.75, 3.05) is 13.2 Å². The molecule has 0 amide bonds. The number of nitriles is 1. The number of rotatable bonds is 6. The van der Waals surface area contributed by atoms with Crippen molar-refractivity contribution in [3.05, 3.63) is 64.7 Å². The minimum atomic E-state index is -1.45. The minimum Gasteiger partial charge on any atom is -0.494 e. The van der Waals surface area contributed by atoms with Crippen LogP contribution >= 0.6 is 0 Å². The van der Waals surface area contributed by atoms with Crippen molar-refractivity contribution in [2.24, 2.45) is 0 Å². The molecule has 1 fully saturated rings. The number of ether oxygens (including phenoxy) is 2. The summed E-state index contributed by atoms with van der Waals surface area (Å²) in [6.07, 6.45) is -5.65. The molecule has 1 aliphatic heterocycles. The van der Waals surface area contributed by atoms with Gasteiger partial charge in [0, 0.05) is 0 Å². The molecule has 0 saturated carbocycles. The largest absolute Gasteiger partial charge is 0.494 e. The van der Waals surface area contributed by atoms with Crippen molar-refractivity contribution < 1.29 is 29.9 Å². The third kappa shape index (κ3) is 4.58. The van der Waals surface area contributed by atoms with Crippen molar-refractivity contribution in [3.63, 3.8) is 0 Å². The van der Waals surface area contributed by atoms with Gasteiger partial charge >= 0.3 is 0 Å². The first-order chi connectivity index (χ1) is 14.0. The summed E-state index contributed by atoms with van der Waals surface area (Å²) in [7, 11) is 0. The molecule has 29 heavy (non-hydrogen) atoms. The number of aliphatic hydroxyl groups is 4. The molecule has 0 aromatic heterocycles. The number of aliphatic hydroxyl groups excluding tert-OH is 4. The van der Waals surface area contributed by atoms with Gasteiger partial charge in [-0.05, 0) is 48.2 Å². The van der Waals surface area contributed by atoms with E-state index >= 15 is 0 Å². The van der Waals surface area contributed by atoms with Crippen LogP contribution in [-0.2, 0) is 11.2 Å². The highest BCUT2D eigenvalue weighted by Gasteiger charge is 2.44. The zero-order chi connectivity index (χ0) is 21.0. The molecule has 1 heterocycles. The fraction of sp³-hybridized carbons (Fsp3) is 0.409. The average Bonchev–Trinajstić information content (AvgIpc) is 2.74. The zero-order valence-corrected chi connectivity index (χ0v) is 16.1. The third-order valence-electron chi connectivity index (χ3n) is 5.10. The van der Waals surface area contributed by atoms with E-state index in [9.17, 15) is 25.7 Å². The predicted molar refractivity (Wildman–Crippen MR) is 104 cm³/mol. The maximum Gasteiger partial charge on any atom is 0.119 e. The van der Waals surface area contributed by atoms with Crippen LogP contribution in [0.5, 0.6) is 5.75 Å². The Morgan fingerprint density at radius 3 is 2.38 bits per heavy atom. The van der Waals surface area contributed by atoms with Crippen LogP contribution in [0.4, 0.5) is 0 Å². The van der Waals surface area contributed by atoms with Gasteiger partial charge in [-0.1, -0.05) is 24.3 Å². The number of hydrogen-bond acceptors (Lipinski definition) is 7. The fourth-order valence-corrected chi connectivity index (χ4v) is 3.51. The van der Waals surface area contributed by atoms with E-state index in [1.807, 2.05) is 31.2 Å². The van der Waals surface area contributed by atoms with Crippen LogP contribution in [0.1, 0.15) is 35.3 Å². The molecule has 4 N–H and O–H groups in total. The summed E-state index contributed by atoms with van der Waals surface area (Å²) in [4.78, 5) is 0. The highest BCUT2D eigenvalue weighted by molar-refractivity contribution is 5.44. The Morgan fingerprint density at radius 2 is 1.76 bits per heavy atom. The van der Waals surface area contributed by atoms with Crippen molar-refractivity contribution in [2.45, 2.75) is 43.9 Å². The molecule has 3 rings (SSSR count). The lowest BCUT2D eigenvalue weighted by Crippen LogP contribution is -2.55. The Labute approximate surface area is 169 Å². The van der Waals surface area contributed by atoms with E-state index in [-0.39, 0.29) is 0 Å². The van der Waals surface area contributed by atoms with Crippen molar-refractivity contribution in [1.82, 2.24) is 0 Å². The normalized spacial score (nSPS) is 26.7. The molecule has 0 aliphatic carbocycles. The molecule has 0 bridgehead atoms. The molecule has 1 aliphatic rings. The Balaban J connectivity index is 1.87. The summed E-state index contributed by atoms with van der Waals surface area (Å²) < 4.78 is 11.1. The smallest absolute Gasteiger partial charge is 0.119 e. The van der Waals surface area contributed by atoms with E-state index in [2.05, 4.69) is 6.07 Å². The van der Waals surface area contributed by atoms with Crippen molar-refractivity contribution >= 4 is 0 Å². The molecule has 2 aromatic carbocycles. The second kappa shape index (κ2) is 9.35. The molecule has 0 spiro atoms. The average molecular weight is 399 g/mol. The highest BCUT2D eigenvalue weighted by Crippen LogP contribution is 2.33. The second-order valence-corrected chi connectivity index (χ2v) is 7.03. The molecular weight excluding hydrogens is 374 g/mol.